The van der Waals surface area contributed by atoms with Gasteiger partial charge in [-0.3, -0.25) is 10.1 Å². The van der Waals surface area contributed by atoms with Crippen molar-refractivity contribution in [3.05, 3.63) is 89.6 Å². The molecule has 2 heterocycles. The molecule has 3 aromatic carbocycles. The van der Waals surface area contributed by atoms with Crippen molar-refractivity contribution in [2.24, 2.45) is 0 Å². The summed E-state index contributed by atoms with van der Waals surface area (Å²) < 4.78 is 16.6. The number of aryl methyl sites for hydroxylation is 1. The Morgan fingerprint density at radius 1 is 1.03 bits per heavy atom. The molecule has 5 rings (SSSR count). The Morgan fingerprint density at radius 2 is 1.72 bits per heavy atom. The van der Waals surface area contributed by atoms with Crippen LogP contribution in [0.4, 0.5) is 10.5 Å². The minimum Gasteiger partial charge on any atom is -0.492 e. The van der Waals surface area contributed by atoms with Gasteiger partial charge in [-0.1, -0.05) is 71.9 Å². The molecule has 0 spiro atoms. The summed E-state index contributed by atoms with van der Waals surface area (Å²) >= 11 is 0. The van der Waals surface area contributed by atoms with Crippen molar-refractivity contribution in [3.63, 3.8) is 0 Å². The van der Waals surface area contributed by atoms with E-state index in [0.29, 0.717) is 28.5 Å². The number of carboxylic acids is 1. The van der Waals surface area contributed by atoms with Crippen LogP contribution in [0.3, 0.4) is 0 Å². The first-order chi connectivity index (χ1) is 17.4. The van der Waals surface area contributed by atoms with Crippen molar-refractivity contribution >= 4 is 17.7 Å². The van der Waals surface area contributed by atoms with Gasteiger partial charge in [-0.2, -0.15) is 0 Å². The Labute approximate surface area is 207 Å². The van der Waals surface area contributed by atoms with Crippen LogP contribution < -0.4 is 10.1 Å². The molecule has 8 nitrogen and oxygen atoms in total. The van der Waals surface area contributed by atoms with Crippen LogP contribution in [0.2, 0.25) is 0 Å². The summed E-state index contributed by atoms with van der Waals surface area (Å²) in [7, 11) is 0. The largest absolute Gasteiger partial charge is 0.492 e. The molecule has 0 bridgehead atoms. The van der Waals surface area contributed by atoms with E-state index in [9.17, 15) is 14.7 Å². The number of anilines is 1. The Bertz CT molecular complexity index is 1410. The monoisotopic (exact) mass is 484 g/mol. The second kappa shape index (κ2) is 9.58. The molecule has 0 saturated heterocycles. The van der Waals surface area contributed by atoms with E-state index in [1.54, 1.807) is 19.9 Å². The normalized spacial score (nSPS) is 15.0. The van der Waals surface area contributed by atoms with E-state index in [4.69, 9.17) is 14.0 Å². The van der Waals surface area contributed by atoms with Crippen molar-refractivity contribution < 1.29 is 28.7 Å². The maximum Gasteiger partial charge on any atom is 0.412 e. The highest BCUT2D eigenvalue weighted by atomic mass is 16.6. The quantitative estimate of drug-likeness (QED) is 0.336. The predicted molar refractivity (Wildman–Crippen MR) is 133 cm³/mol. The van der Waals surface area contributed by atoms with Gasteiger partial charge in [0.15, 0.2) is 5.76 Å². The number of aliphatic carboxylic acids is 1. The summed E-state index contributed by atoms with van der Waals surface area (Å²) in [6.45, 7) is 3.69. The van der Waals surface area contributed by atoms with Gasteiger partial charge < -0.3 is 19.1 Å². The second-order valence-corrected chi connectivity index (χ2v) is 8.59. The number of carboxylic acid groups (broad SMARTS) is 1. The average molecular weight is 485 g/mol. The number of amides is 1. The lowest BCUT2D eigenvalue weighted by molar-refractivity contribution is -0.138. The molecule has 2 N–H and O–H groups in total. The zero-order chi connectivity index (χ0) is 25.2. The van der Waals surface area contributed by atoms with Gasteiger partial charge in [0.05, 0.1) is 0 Å². The molecular weight excluding hydrogens is 460 g/mol. The van der Waals surface area contributed by atoms with Crippen LogP contribution in [0.1, 0.15) is 35.8 Å². The lowest BCUT2D eigenvalue weighted by Crippen LogP contribution is -2.16. The van der Waals surface area contributed by atoms with Crippen LogP contribution in [-0.4, -0.2) is 28.9 Å². The molecule has 0 aliphatic carbocycles. The summed E-state index contributed by atoms with van der Waals surface area (Å²) in [5, 5.41) is 16.1. The highest BCUT2D eigenvalue weighted by Crippen LogP contribution is 2.38. The number of aromatic nitrogens is 1. The number of nitrogens with zero attached hydrogens (tertiary/aromatic N) is 1. The summed E-state index contributed by atoms with van der Waals surface area (Å²) in [6.07, 6.45) is -1.02. The second-order valence-electron chi connectivity index (χ2n) is 8.59. The number of fused-ring (bicyclic) bond motifs is 1. The number of rotatable bonds is 6. The van der Waals surface area contributed by atoms with E-state index < -0.39 is 24.1 Å². The predicted octanol–water partition coefficient (Wildman–Crippen LogP) is 6.19. The molecule has 8 heteroatoms. The highest BCUT2D eigenvalue weighted by molar-refractivity contribution is 5.91. The maximum absolute atomic E-state index is 12.6. The van der Waals surface area contributed by atoms with E-state index in [1.165, 1.54) is 0 Å². The summed E-state index contributed by atoms with van der Waals surface area (Å²) in [6, 6.07) is 22.6. The average Bonchev–Trinajstić information content (AvgIpc) is 3.48. The molecule has 4 aromatic rings. The van der Waals surface area contributed by atoms with Crippen LogP contribution in [0.15, 0.2) is 77.3 Å². The fourth-order valence-corrected chi connectivity index (χ4v) is 4.21. The first kappa shape index (κ1) is 23.2. The zero-order valence-electron chi connectivity index (χ0n) is 19.7. The van der Waals surface area contributed by atoms with Gasteiger partial charge in [0.1, 0.15) is 35.8 Å². The fourth-order valence-electron chi connectivity index (χ4n) is 4.21. The van der Waals surface area contributed by atoms with Crippen molar-refractivity contribution in [3.8, 4) is 28.2 Å². The van der Waals surface area contributed by atoms with Crippen molar-refractivity contribution in [1.82, 2.24) is 5.16 Å². The highest BCUT2D eigenvalue weighted by Gasteiger charge is 2.30. The third kappa shape index (κ3) is 4.53. The van der Waals surface area contributed by atoms with Crippen LogP contribution in [-0.2, 0) is 9.53 Å². The Hall–Kier alpha value is -4.59. The summed E-state index contributed by atoms with van der Waals surface area (Å²) in [5.74, 6) is -0.523. The SMILES string of the molecule is Cc1noc(-c2ccc(-c3ccc4c(c3)OCC4C(=O)O)cc2)c1NC(=O)OC(C)c1ccccc1. The van der Waals surface area contributed by atoms with Crippen LogP contribution in [0.5, 0.6) is 5.75 Å². The van der Waals surface area contributed by atoms with Gasteiger partial charge in [0.2, 0.25) is 0 Å². The standard InChI is InChI=1S/C28H24N2O6/c1-16-25(29-28(33)35-17(2)18-6-4-3-5-7-18)26(36-30-16)20-10-8-19(9-11-20)21-12-13-22-23(27(31)32)15-34-24(22)14-21/h3-14,17,23H,15H2,1-2H3,(H,29,33)(H,31,32). The molecule has 1 aliphatic rings. The molecule has 1 aliphatic heterocycles. The lowest BCUT2D eigenvalue weighted by Gasteiger charge is -2.14. The molecule has 1 aromatic heterocycles. The Kier molecular flexibility index (Phi) is 6.16. The van der Waals surface area contributed by atoms with Gasteiger partial charge in [-0.15, -0.1) is 0 Å². The Balaban J connectivity index is 1.32. The van der Waals surface area contributed by atoms with Crippen molar-refractivity contribution in [2.75, 3.05) is 11.9 Å². The molecule has 0 radical (unpaired) electrons. The number of nitrogens with one attached hydrogen (secondary N) is 1. The molecule has 2 atom stereocenters. The number of hydrogen-bond acceptors (Lipinski definition) is 6. The summed E-state index contributed by atoms with van der Waals surface area (Å²) in [4.78, 5) is 24.0. The van der Waals surface area contributed by atoms with Crippen molar-refractivity contribution in [1.29, 1.82) is 0 Å². The minimum absolute atomic E-state index is 0.139. The third-order valence-electron chi connectivity index (χ3n) is 6.22. The third-order valence-corrected chi connectivity index (χ3v) is 6.22. The molecule has 0 saturated carbocycles. The lowest BCUT2D eigenvalue weighted by atomic mass is 9.97. The fraction of sp³-hybridized carbons (Fsp3) is 0.179. The minimum atomic E-state index is -0.893. The number of carbonyl (C=O) groups is 2. The van der Waals surface area contributed by atoms with Crippen LogP contribution in [0.25, 0.3) is 22.5 Å². The topological polar surface area (TPSA) is 111 Å². The smallest absolute Gasteiger partial charge is 0.412 e. The first-order valence-corrected chi connectivity index (χ1v) is 11.5. The molecule has 182 valence electrons. The van der Waals surface area contributed by atoms with Crippen molar-refractivity contribution in [2.45, 2.75) is 25.9 Å². The molecule has 0 fully saturated rings. The molecule has 2 unspecified atom stereocenters. The number of hydrogen-bond donors (Lipinski definition) is 2. The van der Waals surface area contributed by atoms with Crippen LogP contribution in [0, 0.1) is 6.92 Å². The molecule has 36 heavy (non-hydrogen) atoms. The van der Waals surface area contributed by atoms with Gasteiger partial charge in [0, 0.05) is 11.1 Å². The summed E-state index contributed by atoms with van der Waals surface area (Å²) in [5.41, 5.74) is 5.10. The molecular formula is C28H24N2O6. The van der Waals surface area contributed by atoms with E-state index in [-0.39, 0.29) is 6.61 Å². The van der Waals surface area contributed by atoms with E-state index >= 15 is 0 Å². The van der Waals surface area contributed by atoms with Gasteiger partial charge in [-0.25, -0.2) is 4.79 Å². The molecule has 1 amide bonds. The first-order valence-electron chi connectivity index (χ1n) is 11.5. The van der Waals surface area contributed by atoms with E-state index in [1.807, 2.05) is 66.7 Å². The zero-order valence-corrected chi connectivity index (χ0v) is 19.7. The van der Waals surface area contributed by atoms with Gasteiger partial charge in [0.25, 0.3) is 0 Å². The number of ether oxygens (including phenoxy) is 2. The van der Waals surface area contributed by atoms with Gasteiger partial charge >= 0.3 is 12.1 Å². The van der Waals surface area contributed by atoms with Crippen LogP contribution >= 0.6 is 0 Å². The van der Waals surface area contributed by atoms with E-state index in [2.05, 4.69) is 10.5 Å². The Morgan fingerprint density at radius 3 is 2.44 bits per heavy atom. The maximum atomic E-state index is 12.6. The van der Waals surface area contributed by atoms with Gasteiger partial charge in [-0.05, 0) is 36.6 Å². The van der Waals surface area contributed by atoms with E-state index in [0.717, 1.165) is 22.3 Å². The number of carbonyl (C=O) groups excluding carboxylic acids is 1. The number of benzene rings is 3.